The Hall–Kier alpha value is -4.83. The molecule has 6 rings (SSSR count). The van der Waals surface area contributed by atoms with Crippen molar-refractivity contribution >= 4 is 22.1 Å². The van der Waals surface area contributed by atoms with Crippen LogP contribution in [-0.2, 0) is 0 Å². The number of aliphatic imine (C=N–C) groups is 1. The number of methoxy groups -OCH3 is 2. The number of nitrogens with zero attached hydrogens (tertiary/aromatic N) is 1. The molecule has 1 aliphatic rings. The van der Waals surface area contributed by atoms with Crippen LogP contribution in [0.5, 0.6) is 11.5 Å². The highest BCUT2D eigenvalue weighted by Crippen LogP contribution is 2.36. The van der Waals surface area contributed by atoms with Gasteiger partial charge in [-0.3, -0.25) is 0 Å². The number of fused-ring (bicyclic) bond motifs is 1. The van der Waals surface area contributed by atoms with E-state index in [1.165, 1.54) is 10.8 Å². The van der Waals surface area contributed by atoms with Crippen LogP contribution in [0.1, 0.15) is 16.8 Å². The van der Waals surface area contributed by atoms with E-state index in [1.54, 1.807) is 14.2 Å². The summed E-state index contributed by atoms with van der Waals surface area (Å²) in [5, 5.41) is 2.39. The van der Waals surface area contributed by atoms with Gasteiger partial charge in [0.25, 0.3) is 0 Å². The van der Waals surface area contributed by atoms with E-state index in [2.05, 4.69) is 77.8 Å². The van der Waals surface area contributed by atoms with Crippen molar-refractivity contribution < 1.29 is 9.47 Å². The third-order valence-electron chi connectivity index (χ3n) is 6.67. The second kappa shape index (κ2) is 9.67. The van der Waals surface area contributed by atoms with Crippen LogP contribution in [-0.4, -0.2) is 24.9 Å². The standard InChI is InChI=1S/C33H26N2O2/c1-36-31-13-7-5-11-25(31)27-17-19-29(34-27)33(24-16-15-22-9-3-4-10-23(22)21-24)30-20-18-28(35-30)26-12-6-8-14-32(26)37-2/h3-21,34H,1-2H3/b33-30-. The van der Waals surface area contributed by atoms with Crippen LogP contribution in [0.4, 0.5) is 0 Å². The maximum Gasteiger partial charge on any atom is 0.128 e. The van der Waals surface area contributed by atoms with Crippen LogP contribution >= 0.6 is 0 Å². The molecular weight excluding hydrogens is 456 g/mol. The molecule has 0 amide bonds. The summed E-state index contributed by atoms with van der Waals surface area (Å²) in [6.45, 7) is 0. The first-order valence-electron chi connectivity index (χ1n) is 12.2. The summed E-state index contributed by atoms with van der Waals surface area (Å²) in [4.78, 5) is 8.72. The molecule has 0 saturated heterocycles. The first-order chi connectivity index (χ1) is 18.2. The van der Waals surface area contributed by atoms with Gasteiger partial charge in [-0.2, -0.15) is 0 Å². The van der Waals surface area contributed by atoms with Gasteiger partial charge in [0.1, 0.15) is 11.5 Å². The van der Waals surface area contributed by atoms with Gasteiger partial charge in [0, 0.05) is 28.1 Å². The number of ether oxygens (including phenoxy) is 2. The number of H-pyrrole nitrogens is 1. The summed E-state index contributed by atoms with van der Waals surface area (Å²) in [6.07, 6.45) is 4.13. The molecule has 4 nitrogen and oxygen atoms in total. The smallest absolute Gasteiger partial charge is 0.128 e. The number of hydrogen-bond acceptors (Lipinski definition) is 3. The number of hydrogen-bond donors (Lipinski definition) is 1. The molecule has 0 radical (unpaired) electrons. The third kappa shape index (κ3) is 4.23. The van der Waals surface area contributed by atoms with Crippen molar-refractivity contribution in [2.75, 3.05) is 14.2 Å². The van der Waals surface area contributed by atoms with Crippen molar-refractivity contribution in [2.45, 2.75) is 0 Å². The molecule has 2 heterocycles. The number of nitrogens with one attached hydrogen (secondary N) is 1. The van der Waals surface area contributed by atoms with Gasteiger partial charge >= 0.3 is 0 Å². The van der Waals surface area contributed by atoms with Gasteiger partial charge in [0.05, 0.1) is 25.6 Å². The zero-order chi connectivity index (χ0) is 25.2. The van der Waals surface area contributed by atoms with Gasteiger partial charge in [-0.05, 0) is 71.0 Å². The normalized spacial score (nSPS) is 14.1. The fourth-order valence-corrected chi connectivity index (χ4v) is 4.86. The average molecular weight is 483 g/mol. The highest BCUT2D eigenvalue weighted by atomic mass is 16.5. The van der Waals surface area contributed by atoms with E-state index in [-0.39, 0.29) is 0 Å². The zero-order valence-electron chi connectivity index (χ0n) is 20.7. The van der Waals surface area contributed by atoms with E-state index in [4.69, 9.17) is 14.5 Å². The van der Waals surface area contributed by atoms with E-state index in [0.717, 1.165) is 56.6 Å². The monoisotopic (exact) mass is 482 g/mol. The molecular formula is C33H26N2O2. The highest BCUT2D eigenvalue weighted by molar-refractivity contribution is 6.14. The van der Waals surface area contributed by atoms with Crippen LogP contribution in [0, 0.1) is 0 Å². The van der Waals surface area contributed by atoms with Crippen LogP contribution in [0.2, 0.25) is 0 Å². The molecule has 0 atom stereocenters. The number of rotatable bonds is 6. The molecule has 0 spiro atoms. The predicted molar refractivity (Wildman–Crippen MR) is 151 cm³/mol. The SMILES string of the molecule is COc1ccccc1C1=N/C(=C(/c2ccc3ccccc3c2)c2ccc(-c3ccccc3OC)[nH]2)C=C1. The number of para-hydroxylation sites is 2. The van der Waals surface area contributed by atoms with Gasteiger partial charge in [-0.25, -0.2) is 4.99 Å². The van der Waals surface area contributed by atoms with Crippen LogP contribution in [0.3, 0.4) is 0 Å². The van der Waals surface area contributed by atoms with Crippen molar-refractivity contribution in [3.05, 3.63) is 138 Å². The lowest BCUT2D eigenvalue weighted by molar-refractivity contribution is 0.414. The predicted octanol–water partition coefficient (Wildman–Crippen LogP) is 7.67. The minimum atomic E-state index is 0.803. The van der Waals surface area contributed by atoms with E-state index in [0.29, 0.717) is 0 Å². The van der Waals surface area contributed by atoms with Crippen molar-refractivity contribution in [3.8, 4) is 22.8 Å². The summed E-state index contributed by atoms with van der Waals surface area (Å²) in [7, 11) is 3.39. The fraction of sp³-hybridized carbons (Fsp3) is 0.0606. The van der Waals surface area contributed by atoms with Crippen LogP contribution < -0.4 is 9.47 Å². The molecule has 37 heavy (non-hydrogen) atoms. The van der Waals surface area contributed by atoms with Crippen molar-refractivity contribution in [3.63, 3.8) is 0 Å². The Kier molecular flexibility index (Phi) is 5.91. The number of aromatic amines is 1. The number of allylic oxidation sites excluding steroid dienone is 2. The van der Waals surface area contributed by atoms with E-state index >= 15 is 0 Å². The molecule has 4 heteroatoms. The highest BCUT2D eigenvalue weighted by Gasteiger charge is 2.19. The first-order valence-corrected chi connectivity index (χ1v) is 12.2. The Morgan fingerprint density at radius 1 is 0.649 bits per heavy atom. The Morgan fingerprint density at radius 3 is 2.11 bits per heavy atom. The molecule has 0 aliphatic carbocycles. The number of benzene rings is 4. The lowest BCUT2D eigenvalue weighted by Crippen LogP contribution is -1.98. The molecule has 4 aromatic carbocycles. The Balaban J connectivity index is 1.53. The average Bonchev–Trinajstić information content (AvgIpc) is 3.64. The van der Waals surface area contributed by atoms with Crippen molar-refractivity contribution in [1.82, 2.24) is 4.98 Å². The van der Waals surface area contributed by atoms with Gasteiger partial charge < -0.3 is 14.5 Å². The first kappa shape index (κ1) is 22.6. The molecule has 1 N–H and O–H groups in total. The third-order valence-corrected chi connectivity index (χ3v) is 6.67. The minimum absolute atomic E-state index is 0.803. The quantitative estimate of drug-likeness (QED) is 0.270. The van der Waals surface area contributed by atoms with Gasteiger partial charge in [0.2, 0.25) is 0 Å². The topological polar surface area (TPSA) is 46.6 Å². The summed E-state index contributed by atoms with van der Waals surface area (Å²) in [5.41, 5.74) is 7.86. The number of aromatic nitrogens is 1. The Bertz CT molecular complexity index is 1700. The molecule has 0 fully saturated rings. The van der Waals surface area contributed by atoms with Gasteiger partial charge in [0.15, 0.2) is 0 Å². The summed E-state index contributed by atoms with van der Waals surface area (Å²) < 4.78 is 11.2. The molecule has 0 unspecified atom stereocenters. The second-order valence-electron chi connectivity index (χ2n) is 8.84. The summed E-state index contributed by atoms with van der Waals surface area (Å²) >= 11 is 0. The molecule has 180 valence electrons. The lowest BCUT2D eigenvalue weighted by atomic mass is 9.97. The van der Waals surface area contributed by atoms with E-state index in [1.807, 2.05) is 42.5 Å². The summed E-state index contributed by atoms with van der Waals surface area (Å²) in [6, 6.07) is 35.2. The Morgan fingerprint density at radius 2 is 1.32 bits per heavy atom. The van der Waals surface area contributed by atoms with Crippen LogP contribution in [0.15, 0.2) is 126 Å². The largest absolute Gasteiger partial charge is 0.496 e. The lowest BCUT2D eigenvalue weighted by Gasteiger charge is -2.11. The second-order valence-corrected chi connectivity index (χ2v) is 8.84. The molecule has 1 aromatic heterocycles. The molecule has 1 aliphatic heterocycles. The van der Waals surface area contributed by atoms with Gasteiger partial charge in [-0.15, -0.1) is 0 Å². The maximum atomic E-state index is 5.61. The fourth-order valence-electron chi connectivity index (χ4n) is 4.86. The van der Waals surface area contributed by atoms with Gasteiger partial charge in [-0.1, -0.05) is 60.7 Å². The van der Waals surface area contributed by atoms with Crippen molar-refractivity contribution in [2.24, 2.45) is 4.99 Å². The summed E-state index contributed by atoms with van der Waals surface area (Å²) in [5.74, 6) is 1.63. The molecule has 5 aromatic rings. The molecule has 0 bridgehead atoms. The maximum absolute atomic E-state index is 5.61. The Labute approximate surface area is 216 Å². The van der Waals surface area contributed by atoms with Crippen LogP contribution in [0.25, 0.3) is 27.6 Å². The van der Waals surface area contributed by atoms with Crippen molar-refractivity contribution in [1.29, 1.82) is 0 Å². The zero-order valence-corrected chi connectivity index (χ0v) is 20.7. The minimum Gasteiger partial charge on any atom is -0.496 e. The molecule has 0 saturated carbocycles. The van der Waals surface area contributed by atoms with E-state index < -0.39 is 0 Å². The van der Waals surface area contributed by atoms with E-state index in [9.17, 15) is 0 Å².